The van der Waals surface area contributed by atoms with Gasteiger partial charge in [-0.15, -0.1) is 0 Å². The number of aliphatic imine (C=N–C) groups is 1. The Morgan fingerprint density at radius 1 is 1.00 bits per heavy atom. The fourth-order valence-corrected chi connectivity index (χ4v) is 3.52. The summed E-state index contributed by atoms with van der Waals surface area (Å²) >= 11 is 1.64. The number of benzene rings is 2. The standard InChI is InChI=1S/C17H18N2S/c1-17(11-12-20-16(18)19-17)15-9-7-14(8-10-15)13-5-3-2-4-6-13/h2-10H,11-12H2,1H3,(H2,18,19). The monoisotopic (exact) mass is 282 g/mol. The molecule has 0 radical (unpaired) electrons. The highest BCUT2D eigenvalue weighted by atomic mass is 32.2. The molecule has 3 heteroatoms. The Hall–Kier alpha value is -1.74. The summed E-state index contributed by atoms with van der Waals surface area (Å²) in [5.41, 5.74) is 9.42. The molecule has 2 aromatic rings. The molecule has 0 bridgehead atoms. The van der Waals surface area contributed by atoms with Crippen molar-refractivity contribution in [2.24, 2.45) is 10.7 Å². The second-order valence-corrected chi connectivity index (χ2v) is 6.38. The van der Waals surface area contributed by atoms with Gasteiger partial charge < -0.3 is 5.73 Å². The lowest BCUT2D eigenvalue weighted by atomic mass is 9.88. The van der Waals surface area contributed by atoms with Crippen molar-refractivity contribution in [1.82, 2.24) is 0 Å². The van der Waals surface area contributed by atoms with E-state index in [4.69, 9.17) is 5.73 Å². The van der Waals surface area contributed by atoms with Gasteiger partial charge in [-0.1, -0.05) is 66.4 Å². The first kappa shape index (κ1) is 13.3. The van der Waals surface area contributed by atoms with Crippen LogP contribution in [-0.4, -0.2) is 10.9 Å². The number of hydrogen-bond donors (Lipinski definition) is 1. The summed E-state index contributed by atoms with van der Waals surface area (Å²) < 4.78 is 0. The van der Waals surface area contributed by atoms with E-state index in [0.29, 0.717) is 5.17 Å². The van der Waals surface area contributed by atoms with Crippen molar-refractivity contribution in [3.8, 4) is 11.1 Å². The summed E-state index contributed by atoms with van der Waals surface area (Å²) in [5.74, 6) is 1.03. The lowest BCUT2D eigenvalue weighted by Crippen LogP contribution is -2.28. The van der Waals surface area contributed by atoms with E-state index in [9.17, 15) is 0 Å². The third-order valence-electron chi connectivity index (χ3n) is 3.81. The average molecular weight is 282 g/mol. The number of hydrogen-bond acceptors (Lipinski definition) is 3. The second-order valence-electron chi connectivity index (χ2n) is 5.27. The van der Waals surface area contributed by atoms with Gasteiger partial charge in [0.25, 0.3) is 0 Å². The number of thioether (sulfide) groups is 1. The summed E-state index contributed by atoms with van der Waals surface area (Å²) in [7, 11) is 0. The molecule has 0 saturated heterocycles. The Bertz CT molecular complexity index is 619. The maximum Gasteiger partial charge on any atom is 0.154 e. The van der Waals surface area contributed by atoms with Crippen molar-refractivity contribution in [2.75, 3.05) is 5.75 Å². The quantitative estimate of drug-likeness (QED) is 0.903. The topological polar surface area (TPSA) is 38.4 Å². The second kappa shape index (κ2) is 5.33. The number of nitrogens with two attached hydrogens (primary N) is 1. The molecule has 0 saturated carbocycles. The highest BCUT2D eigenvalue weighted by molar-refractivity contribution is 8.13. The lowest BCUT2D eigenvalue weighted by Gasteiger charge is -2.29. The summed E-state index contributed by atoms with van der Waals surface area (Å²) in [4.78, 5) is 4.64. The summed E-state index contributed by atoms with van der Waals surface area (Å²) in [5, 5.41) is 0.700. The summed E-state index contributed by atoms with van der Waals surface area (Å²) in [6.45, 7) is 2.16. The van der Waals surface area contributed by atoms with Gasteiger partial charge in [0.2, 0.25) is 0 Å². The molecule has 0 aromatic heterocycles. The minimum Gasteiger partial charge on any atom is -0.379 e. The van der Waals surface area contributed by atoms with Crippen LogP contribution in [0, 0.1) is 0 Å². The van der Waals surface area contributed by atoms with Crippen LogP contribution in [-0.2, 0) is 5.54 Å². The van der Waals surface area contributed by atoms with E-state index >= 15 is 0 Å². The van der Waals surface area contributed by atoms with E-state index in [-0.39, 0.29) is 5.54 Å². The van der Waals surface area contributed by atoms with Crippen LogP contribution in [0.15, 0.2) is 59.6 Å². The predicted molar refractivity (Wildman–Crippen MR) is 87.9 cm³/mol. The van der Waals surface area contributed by atoms with E-state index < -0.39 is 0 Å². The van der Waals surface area contributed by atoms with Gasteiger partial charge >= 0.3 is 0 Å². The molecule has 2 N–H and O–H groups in total. The van der Waals surface area contributed by atoms with Crippen molar-refractivity contribution < 1.29 is 0 Å². The Kier molecular flexibility index (Phi) is 3.53. The SMILES string of the molecule is CC1(c2ccc(-c3ccccc3)cc2)CCSC(N)=N1. The molecule has 2 nitrogen and oxygen atoms in total. The van der Waals surface area contributed by atoms with Gasteiger partial charge in [0.1, 0.15) is 0 Å². The van der Waals surface area contributed by atoms with Crippen LogP contribution < -0.4 is 5.73 Å². The number of amidine groups is 1. The van der Waals surface area contributed by atoms with E-state index in [0.717, 1.165) is 12.2 Å². The zero-order valence-corrected chi connectivity index (χ0v) is 12.4. The van der Waals surface area contributed by atoms with Gasteiger partial charge in [-0.3, -0.25) is 4.99 Å². The maximum absolute atomic E-state index is 5.88. The summed E-state index contributed by atoms with van der Waals surface area (Å²) in [6, 6.07) is 19.1. The van der Waals surface area contributed by atoms with Crippen LogP contribution in [0.1, 0.15) is 18.9 Å². The highest BCUT2D eigenvalue weighted by Crippen LogP contribution is 2.35. The molecule has 0 aliphatic carbocycles. The maximum atomic E-state index is 5.88. The first-order valence-corrected chi connectivity index (χ1v) is 7.80. The van der Waals surface area contributed by atoms with Crippen molar-refractivity contribution in [3.63, 3.8) is 0 Å². The predicted octanol–water partition coefficient (Wildman–Crippen LogP) is 4.02. The van der Waals surface area contributed by atoms with Gasteiger partial charge in [0.15, 0.2) is 5.17 Å². The van der Waals surface area contributed by atoms with Crippen LogP contribution in [0.4, 0.5) is 0 Å². The zero-order chi connectivity index (χ0) is 14.0. The molecule has 1 heterocycles. The molecule has 1 atom stereocenters. The first-order chi connectivity index (χ1) is 9.67. The Morgan fingerprint density at radius 2 is 1.65 bits per heavy atom. The van der Waals surface area contributed by atoms with Crippen LogP contribution in [0.3, 0.4) is 0 Å². The smallest absolute Gasteiger partial charge is 0.154 e. The molecular formula is C17H18N2S. The number of nitrogens with zero attached hydrogens (tertiary/aromatic N) is 1. The fraction of sp³-hybridized carbons (Fsp3) is 0.235. The van der Waals surface area contributed by atoms with Crippen LogP contribution >= 0.6 is 11.8 Å². The Balaban J connectivity index is 1.92. The van der Waals surface area contributed by atoms with Gasteiger partial charge in [-0.05, 0) is 30.0 Å². The van der Waals surface area contributed by atoms with E-state index in [1.807, 2.05) is 6.07 Å². The molecule has 102 valence electrons. The molecule has 3 rings (SSSR count). The zero-order valence-electron chi connectivity index (χ0n) is 11.5. The normalized spacial score (nSPS) is 22.4. The molecule has 20 heavy (non-hydrogen) atoms. The minimum atomic E-state index is -0.176. The van der Waals surface area contributed by atoms with Crippen molar-refractivity contribution >= 4 is 16.9 Å². The van der Waals surface area contributed by atoms with Gasteiger partial charge in [0, 0.05) is 5.75 Å². The molecule has 1 aliphatic heterocycles. The van der Waals surface area contributed by atoms with Gasteiger partial charge in [0.05, 0.1) is 5.54 Å². The van der Waals surface area contributed by atoms with Gasteiger partial charge in [-0.25, -0.2) is 0 Å². The van der Waals surface area contributed by atoms with Crippen LogP contribution in [0.25, 0.3) is 11.1 Å². The molecule has 0 spiro atoms. The fourth-order valence-electron chi connectivity index (χ4n) is 2.55. The van der Waals surface area contributed by atoms with E-state index in [2.05, 4.69) is 60.4 Å². The minimum absolute atomic E-state index is 0.176. The van der Waals surface area contributed by atoms with Crippen molar-refractivity contribution in [1.29, 1.82) is 0 Å². The molecule has 0 amide bonds. The highest BCUT2D eigenvalue weighted by Gasteiger charge is 2.29. The molecule has 1 unspecified atom stereocenters. The summed E-state index contributed by atoms with van der Waals surface area (Å²) in [6.07, 6.45) is 1.03. The number of rotatable bonds is 2. The molecule has 0 fully saturated rings. The molecular weight excluding hydrogens is 264 g/mol. The van der Waals surface area contributed by atoms with E-state index in [1.165, 1.54) is 16.7 Å². The molecule has 1 aliphatic rings. The van der Waals surface area contributed by atoms with Crippen molar-refractivity contribution in [2.45, 2.75) is 18.9 Å². The first-order valence-electron chi connectivity index (χ1n) is 6.81. The Labute approximate surface area is 124 Å². The van der Waals surface area contributed by atoms with E-state index in [1.54, 1.807) is 11.8 Å². The van der Waals surface area contributed by atoms with Gasteiger partial charge in [-0.2, -0.15) is 0 Å². The Morgan fingerprint density at radius 3 is 2.30 bits per heavy atom. The lowest BCUT2D eigenvalue weighted by molar-refractivity contribution is 0.482. The van der Waals surface area contributed by atoms with Crippen LogP contribution in [0.5, 0.6) is 0 Å². The average Bonchev–Trinajstić information content (AvgIpc) is 2.48. The van der Waals surface area contributed by atoms with Crippen LogP contribution in [0.2, 0.25) is 0 Å². The third-order valence-corrected chi connectivity index (χ3v) is 4.60. The largest absolute Gasteiger partial charge is 0.379 e. The molecule has 2 aromatic carbocycles. The van der Waals surface area contributed by atoms with Crippen molar-refractivity contribution in [3.05, 3.63) is 60.2 Å². The third kappa shape index (κ3) is 2.59.